The fourth-order valence-corrected chi connectivity index (χ4v) is 4.47. The summed E-state index contributed by atoms with van der Waals surface area (Å²) >= 11 is 0. The lowest BCUT2D eigenvalue weighted by atomic mass is 9.99. The van der Waals surface area contributed by atoms with Crippen molar-refractivity contribution in [1.29, 1.82) is 0 Å². The number of halogens is 1. The molecule has 0 radical (unpaired) electrons. The van der Waals surface area contributed by atoms with E-state index in [0.29, 0.717) is 0 Å². The Morgan fingerprint density at radius 3 is 1.37 bits per heavy atom. The summed E-state index contributed by atoms with van der Waals surface area (Å²) < 4.78 is 0. The highest BCUT2D eigenvalue weighted by atomic mass is 35.5. The Balaban J connectivity index is 0. The van der Waals surface area contributed by atoms with E-state index in [1.54, 1.807) is 0 Å². The van der Waals surface area contributed by atoms with Crippen LogP contribution in [0.5, 0.6) is 0 Å². The van der Waals surface area contributed by atoms with Gasteiger partial charge in [-0.05, 0) is 31.6 Å². The smallest absolute Gasteiger partial charge is 0.0783 e. The lowest BCUT2D eigenvalue weighted by Crippen LogP contribution is -3.00. The topological polar surface area (TPSA) is 16.6 Å². The molecule has 0 aliphatic heterocycles. The minimum absolute atomic E-state index is 0. The minimum atomic E-state index is 0. The third kappa shape index (κ3) is 26.3. The van der Waals surface area contributed by atoms with Gasteiger partial charge in [0.25, 0.3) is 0 Å². The molecule has 1 atom stereocenters. The lowest BCUT2D eigenvalue weighted by Gasteiger charge is -2.12. The number of hydrogen-bond donors (Lipinski definition) is 1. The van der Waals surface area contributed by atoms with Crippen molar-refractivity contribution in [1.82, 2.24) is 0 Å². The van der Waals surface area contributed by atoms with E-state index in [2.05, 4.69) is 33.0 Å². The predicted molar refractivity (Wildman–Crippen MR) is 134 cm³/mol. The highest BCUT2D eigenvalue weighted by Gasteiger charge is 2.07. The van der Waals surface area contributed by atoms with Crippen LogP contribution in [-0.4, -0.2) is 13.1 Å². The summed E-state index contributed by atoms with van der Waals surface area (Å²) in [6, 6.07) is 0. The maximum Gasteiger partial charge on any atom is 0.0783 e. The number of unbranched alkanes of at least 4 members (excludes halogenated alkanes) is 15. The van der Waals surface area contributed by atoms with E-state index in [-0.39, 0.29) is 12.4 Å². The van der Waals surface area contributed by atoms with Crippen LogP contribution in [-0.2, 0) is 0 Å². The van der Waals surface area contributed by atoms with Gasteiger partial charge in [-0.2, -0.15) is 0 Å². The normalized spacial score (nSPS) is 12.3. The van der Waals surface area contributed by atoms with E-state index in [4.69, 9.17) is 0 Å². The summed E-state index contributed by atoms with van der Waals surface area (Å²) in [6.45, 7) is 12.1. The maximum atomic E-state index is 2.59. The molecule has 0 aromatic carbocycles. The van der Waals surface area contributed by atoms with Crippen LogP contribution in [0.15, 0.2) is 0 Å². The molecular weight excluding hydrogens is 386 g/mol. The zero-order chi connectivity index (χ0) is 21.4. The van der Waals surface area contributed by atoms with Gasteiger partial charge in [-0.15, -0.1) is 0 Å². The van der Waals surface area contributed by atoms with Crippen molar-refractivity contribution in [3.63, 3.8) is 0 Å². The molecule has 0 saturated carbocycles. The van der Waals surface area contributed by atoms with Crippen LogP contribution < -0.4 is 17.7 Å². The second-order valence-corrected chi connectivity index (χ2v) is 10.2. The molecule has 0 aliphatic carbocycles. The first-order valence-corrected chi connectivity index (χ1v) is 14.0. The van der Waals surface area contributed by atoms with Gasteiger partial charge in [0.15, 0.2) is 0 Å². The molecule has 0 spiro atoms. The van der Waals surface area contributed by atoms with Gasteiger partial charge in [0.2, 0.25) is 0 Å². The van der Waals surface area contributed by atoms with Crippen molar-refractivity contribution >= 4 is 0 Å². The first-order chi connectivity index (χ1) is 14.2. The number of quaternary nitrogens is 1. The fourth-order valence-electron chi connectivity index (χ4n) is 4.47. The standard InChI is InChI=1S/C28H59N.ClH/c1-5-7-24-28(6-2)26-29-25-22-20-18-16-14-12-10-8-9-11-13-15-17-19-21-23-27(3)4;/h27-29H,5-26H2,1-4H3;1H. The summed E-state index contributed by atoms with van der Waals surface area (Å²) in [5, 5.41) is 2.59. The van der Waals surface area contributed by atoms with E-state index in [9.17, 15) is 0 Å². The molecule has 0 bridgehead atoms. The summed E-state index contributed by atoms with van der Waals surface area (Å²) in [4.78, 5) is 0. The predicted octanol–water partition coefficient (Wildman–Crippen LogP) is 5.67. The molecule has 0 aromatic heterocycles. The van der Waals surface area contributed by atoms with Crippen LogP contribution in [0.2, 0.25) is 0 Å². The van der Waals surface area contributed by atoms with Gasteiger partial charge in [-0.25, -0.2) is 0 Å². The van der Waals surface area contributed by atoms with Crippen molar-refractivity contribution in [3.05, 3.63) is 0 Å². The van der Waals surface area contributed by atoms with Crippen LogP contribution >= 0.6 is 0 Å². The Labute approximate surface area is 198 Å². The Morgan fingerprint density at radius 1 is 0.533 bits per heavy atom. The van der Waals surface area contributed by atoms with Crippen molar-refractivity contribution in [2.75, 3.05) is 13.1 Å². The van der Waals surface area contributed by atoms with Crippen molar-refractivity contribution < 1.29 is 17.7 Å². The summed E-state index contributed by atoms with van der Waals surface area (Å²) in [5.74, 6) is 1.86. The number of hydrogen-bond acceptors (Lipinski definition) is 0. The van der Waals surface area contributed by atoms with E-state index in [1.165, 1.54) is 142 Å². The number of rotatable bonds is 24. The second kappa shape index (κ2) is 27.3. The lowest BCUT2D eigenvalue weighted by molar-refractivity contribution is -0.661. The van der Waals surface area contributed by atoms with Gasteiger partial charge in [-0.1, -0.05) is 130 Å². The van der Waals surface area contributed by atoms with Crippen molar-refractivity contribution in [3.8, 4) is 0 Å². The monoisotopic (exact) mass is 445 g/mol. The van der Waals surface area contributed by atoms with E-state index in [1.807, 2.05) is 0 Å². The van der Waals surface area contributed by atoms with Crippen molar-refractivity contribution in [2.24, 2.45) is 11.8 Å². The first-order valence-electron chi connectivity index (χ1n) is 14.0. The van der Waals surface area contributed by atoms with E-state index in [0.717, 1.165) is 11.8 Å². The summed E-state index contributed by atoms with van der Waals surface area (Å²) in [7, 11) is 0. The van der Waals surface area contributed by atoms with E-state index < -0.39 is 0 Å². The van der Waals surface area contributed by atoms with E-state index >= 15 is 0 Å². The van der Waals surface area contributed by atoms with Gasteiger partial charge in [0.05, 0.1) is 13.1 Å². The van der Waals surface area contributed by atoms with Crippen LogP contribution in [0.1, 0.15) is 156 Å². The van der Waals surface area contributed by atoms with Gasteiger partial charge in [-0.3, -0.25) is 0 Å². The minimum Gasteiger partial charge on any atom is -1.00 e. The van der Waals surface area contributed by atoms with Gasteiger partial charge in [0, 0.05) is 5.92 Å². The molecule has 2 heteroatoms. The quantitative estimate of drug-likeness (QED) is 0.184. The molecule has 0 rings (SSSR count). The molecule has 0 amide bonds. The fraction of sp³-hybridized carbons (Fsp3) is 1.00. The van der Waals surface area contributed by atoms with Crippen LogP contribution in [0.25, 0.3) is 0 Å². The molecule has 1 unspecified atom stereocenters. The van der Waals surface area contributed by atoms with Crippen molar-refractivity contribution in [2.45, 2.75) is 156 Å². The molecule has 1 nitrogen and oxygen atoms in total. The molecule has 0 aromatic rings. The molecule has 0 heterocycles. The molecule has 184 valence electrons. The highest BCUT2D eigenvalue weighted by Crippen LogP contribution is 2.15. The number of nitrogens with two attached hydrogens (primary N) is 1. The van der Waals surface area contributed by atoms with Gasteiger partial charge in [0.1, 0.15) is 0 Å². The first kappa shape index (κ1) is 32.4. The molecular formula is C28H60ClN. The molecule has 2 N–H and O–H groups in total. The second-order valence-electron chi connectivity index (χ2n) is 10.2. The Morgan fingerprint density at radius 2 is 0.967 bits per heavy atom. The van der Waals surface area contributed by atoms with Gasteiger partial charge < -0.3 is 17.7 Å². The highest BCUT2D eigenvalue weighted by molar-refractivity contribution is 4.54. The zero-order valence-electron chi connectivity index (χ0n) is 21.7. The van der Waals surface area contributed by atoms with Crippen LogP contribution in [0.3, 0.4) is 0 Å². The average molecular weight is 446 g/mol. The molecule has 0 saturated heterocycles. The average Bonchev–Trinajstić information content (AvgIpc) is 2.71. The largest absolute Gasteiger partial charge is 1.00 e. The molecule has 0 aliphatic rings. The Bertz CT molecular complexity index is 292. The van der Waals surface area contributed by atoms with Crippen LogP contribution in [0, 0.1) is 11.8 Å². The van der Waals surface area contributed by atoms with Crippen LogP contribution in [0.4, 0.5) is 0 Å². The third-order valence-corrected chi connectivity index (χ3v) is 6.73. The summed E-state index contributed by atoms with van der Waals surface area (Å²) in [5.41, 5.74) is 0. The molecule has 0 fully saturated rings. The Hall–Kier alpha value is 0.250. The maximum absolute atomic E-state index is 2.59. The zero-order valence-corrected chi connectivity index (χ0v) is 22.4. The summed E-state index contributed by atoms with van der Waals surface area (Å²) in [6.07, 6.45) is 29.1. The SMILES string of the molecule is CCCCC(CC)C[NH2+]CCCCCCCCCCCCCCCCCC(C)C.[Cl-]. The Kier molecular flexibility index (Phi) is 29.5. The van der Waals surface area contributed by atoms with Gasteiger partial charge >= 0.3 is 0 Å². The molecule has 30 heavy (non-hydrogen) atoms. The third-order valence-electron chi connectivity index (χ3n) is 6.73.